The Kier molecular flexibility index (Phi) is 6.64. The van der Waals surface area contributed by atoms with Crippen molar-refractivity contribution >= 4 is 17.7 Å². The van der Waals surface area contributed by atoms with E-state index in [1.807, 2.05) is 0 Å². The van der Waals surface area contributed by atoms with Crippen LogP contribution in [0.25, 0.3) is 0 Å². The zero-order valence-electron chi connectivity index (χ0n) is 10.3. The molecule has 1 fully saturated rings. The number of rotatable bonds is 5. The van der Waals surface area contributed by atoms with E-state index in [2.05, 4.69) is 41.3 Å². The van der Waals surface area contributed by atoms with E-state index in [-0.39, 0.29) is 0 Å². The molecule has 4 N–H and O–H groups in total. The molecule has 0 aromatic carbocycles. The number of nitrogens with zero attached hydrogens (tertiary/aromatic N) is 1. The Morgan fingerprint density at radius 2 is 2.25 bits per heavy atom. The first-order valence-corrected chi connectivity index (χ1v) is 7.24. The van der Waals surface area contributed by atoms with Crippen molar-refractivity contribution in [3.8, 4) is 0 Å². The molecule has 0 heterocycles. The van der Waals surface area contributed by atoms with Gasteiger partial charge in [-0.25, -0.2) is 5.84 Å². The van der Waals surface area contributed by atoms with E-state index in [0.717, 1.165) is 24.2 Å². The number of hydrogen-bond acceptors (Lipinski definition) is 3. The largest absolute Gasteiger partial charge is 0.353 e. The van der Waals surface area contributed by atoms with E-state index in [9.17, 15) is 0 Å². The van der Waals surface area contributed by atoms with Gasteiger partial charge in [-0.3, -0.25) is 10.4 Å². The molecule has 94 valence electrons. The van der Waals surface area contributed by atoms with Crippen LogP contribution in [0.4, 0.5) is 0 Å². The van der Waals surface area contributed by atoms with E-state index in [1.54, 1.807) is 0 Å². The zero-order valence-corrected chi connectivity index (χ0v) is 11.1. The molecule has 5 heteroatoms. The summed E-state index contributed by atoms with van der Waals surface area (Å²) in [5, 5.41) is 4.20. The van der Waals surface area contributed by atoms with E-state index in [4.69, 9.17) is 5.84 Å². The van der Waals surface area contributed by atoms with Crippen molar-refractivity contribution < 1.29 is 0 Å². The number of hydrogen-bond donors (Lipinski definition) is 3. The Morgan fingerprint density at radius 3 is 2.88 bits per heavy atom. The lowest BCUT2D eigenvalue weighted by molar-refractivity contribution is 0.615. The molecule has 0 saturated heterocycles. The van der Waals surface area contributed by atoms with Crippen LogP contribution in [0.15, 0.2) is 4.99 Å². The third kappa shape index (κ3) is 4.61. The van der Waals surface area contributed by atoms with Crippen molar-refractivity contribution in [2.24, 2.45) is 10.8 Å². The molecule has 1 rings (SSSR count). The van der Waals surface area contributed by atoms with Crippen LogP contribution in [-0.4, -0.2) is 29.5 Å². The molecule has 0 amide bonds. The van der Waals surface area contributed by atoms with Gasteiger partial charge in [0.2, 0.25) is 5.96 Å². The van der Waals surface area contributed by atoms with Gasteiger partial charge in [0.25, 0.3) is 0 Å². The summed E-state index contributed by atoms with van der Waals surface area (Å²) in [6, 6.07) is 0.538. The Hall–Kier alpha value is -0.420. The van der Waals surface area contributed by atoms with Crippen LogP contribution in [0.3, 0.4) is 0 Å². The third-order valence-corrected chi connectivity index (χ3v) is 3.99. The average Bonchev–Trinajstić information content (AvgIpc) is 2.72. The Balaban J connectivity index is 2.31. The first-order valence-electron chi connectivity index (χ1n) is 6.19. The highest BCUT2D eigenvalue weighted by Gasteiger charge is 2.24. The lowest BCUT2D eigenvalue weighted by atomic mass is 10.2. The topological polar surface area (TPSA) is 62.4 Å². The molecule has 0 aromatic heterocycles. The highest BCUT2D eigenvalue weighted by atomic mass is 32.2. The minimum Gasteiger partial charge on any atom is -0.353 e. The van der Waals surface area contributed by atoms with Crippen molar-refractivity contribution in [3.63, 3.8) is 0 Å². The molecule has 0 aliphatic heterocycles. The van der Waals surface area contributed by atoms with Gasteiger partial charge in [-0.1, -0.05) is 13.8 Å². The van der Waals surface area contributed by atoms with Gasteiger partial charge in [-0.05, 0) is 31.4 Å². The van der Waals surface area contributed by atoms with E-state index in [0.29, 0.717) is 6.04 Å². The quantitative estimate of drug-likeness (QED) is 0.297. The Morgan fingerprint density at radius 1 is 1.44 bits per heavy atom. The number of aliphatic imine (C=N–C) groups is 1. The SMILES string of the molecule is CCCN=C(NN)NC1CCC(SCC)C1. The first-order chi connectivity index (χ1) is 7.80. The minimum atomic E-state index is 0.538. The molecular weight excluding hydrogens is 220 g/mol. The zero-order chi connectivity index (χ0) is 11.8. The molecule has 2 unspecified atom stereocenters. The van der Waals surface area contributed by atoms with Gasteiger partial charge >= 0.3 is 0 Å². The van der Waals surface area contributed by atoms with Crippen LogP contribution in [0.1, 0.15) is 39.5 Å². The van der Waals surface area contributed by atoms with Gasteiger partial charge in [-0.15, -0.1) is 0 Å². The molecule has 0 bridgehead atoms. The molecular formula is C11H24N4S. The van der Waals surface area contributed by atoms with E-state index >= 15 is 0 Å². The van der Waals surface area contributed by atoms with Gasteiger partial charge in [0.05, 0.1) is 0 Å². The smallest absolute Gasteiger partial charge is 0.205 e. The second-order valence-electron chi connectivity index (χ2n) is 4.11. The molecule has 0 radical (unpaired) electrons. The second kappa shape index (κ2) is 7.79. The van der Waals surface area contributed by atoms with Crippen molar-refractivity contribution in [1.82, 2.24) is 10.7 Å². The van der Waals surface area contributed by atoms with Gasteiger partial charge in [0.15, 0.2) is 0 Å². The Labute approximate surface area is 103 Å². The van der Waals surface area contributed by atoms with Gasteiger partial charge in [0, 0.05) is 17.8 Å². The lowest BCUT2D eigenvalue weighted by Crippen LogP contribution is -2.45. The van der Waals surface area contributed by atoms with Crippen LogP contribution in [0.2, 0.25) is 0 Å². The fraction of sp³-hybridized carbons (Fsp3) is 0.909. The highest BCUT2D eigenvalue weighted by Crippen LogP contribution is 2.29. The molecule has 1 aliphatic rings. The molecule has 0 aromatic rings. The standard InChI is InChI=1S/C11H24N4S/c1-3-7-13-11(15-12)14-9-5-6-10(8-9)16-4-2/h9-10H,3-8,12H2,1-2H3,(H2,13,14,15). The third-order valence-electron chi connectivity index (χ3n) is 2.76. The van der Waals surface area contributed by atoms with Gasteiger partial charge in [0.1, 0.15) is 0 Å². The highest BCUT2D eigenvalue weighted by molar-refractivity contribution is 7.99. The van der Waals surface area contributed by atoms with Crippen molar-refractivity contribution in [2.75, 3.05) is 12.3 Å². The summed E-state index contributed by atoms with van der Waals surface area (Å²) in [4.78, 5) is 4.36. The summed E-state index contributed by atoms with van der Waals surface area (Å²) in [6.07, 6.45) is 4.81. The number of nitrogens with one attached hydrogen (secondary N) is 2. The monoisotopic (exact) mass is 244 g/mol. The fourth-order valence-corrected chi connectivity index (χ4v) is 3.15. The van der Waals surface area contributed by atoms with Crippen molar-refractivity contribution in [2.45, 2.75) is 50.8 Å². The molecule has 0 spiro atoms. The van der Waals surface area contributed by atoms with Gasteiger partial charge < -0.3 is 5.32 Å². The maximum atomic E-state index is 5.44. The molecule has 4 nitrogen and oxygen atoms in total. The lowest BCUT2D eigenvalue weighted by Gasteiger charge is -2.15. The van der Waals surface area contributed by atoms with Crippen molar-refractivity contribution in [1.29, 1.82) is 0 Å². The van der Waals surface area contributed by atoms with Crippen LogP contribution in [-0.2, 0) is 0 Å². The summed E-state index contributed by atoms with van der Waals surface area (Å²) >= 11 is 2.06. The van der Waals surface area contributed by atoms with E-state index in [1.165, 1.54) is 25.0 Å². The normalized spacial score (nSPS) is 25.8. The predicted octanol–water partition coefficient (Wildman–Crippen LogP) is 1.48. The summed E-state index contributed by atoms with van der Waals surface area (Å²) < 4.78 is 0. The molecule has 2 atom stereocenters. The summed E-state index contributed by atoms with van der Waals surface area (Å²) in [5.41, 5.74) is 2.64. The molecule has 1 saturated carbocycles. The predicted molar refractivity (Wildman–Crippen MR) is 72.6 cm³/mol. The van der Waals surface area contributed by atoms with Crippen LogP contribution < -0.4 is 16.6 Å². The average molecular weight is 244 g/mol. The van der Waals surface area contributed by atoms with Crippen molar-refractivity contribution in [3.05, 3.63) is 0 Å². The minimum absolute atomic E-state index is 0.538. The van der Waals surface area contributed by atoms with Crippen LogP contribution in [0.5, 0.6) is 0 Å². The molecule has 1 aliphatic carbocycles. The summed E-state index contributed by atoms with van der Waals surface area (Å²) in [5.74, 6) is 7.39. The number of nitrogens with two attached hydrogens (primary N) is 1. The maximum absolute atomic E-state index is 5.44. The fourth-order valence-electron chi connectivity index (χ4n) is 2.01. The first kappa shape index (κ1) is 13.6. The van der Waals surface area contributed by atoms with Gasteiger partial charge in [-0.2, -0.15) is 11.8 Å². The Bertz CT molecular complexity index is 220. The summed E-state index contributed by atoms with van der Waals surface area (Å²) in [7, 11) is 0. The number of thioether (sulfide) groups is 1. The van der Waals surface area contributed by atoms with Crippen LogP contribution in [0, 0.1) is 0 Å². The second-order valence-corrected chi connectivity index (χ2v) is 5.68. The summed E-state index contributed by atoms with van der Waals surface area (Å²) in [6.45, 7) is 5.16. The number of hydrazine groups is 1. The van der Waals surface area contributed by atoms with E-state index < -0.39 is 0 Å². The maximum Gasteiger partial charge on any atom is 0.205 e. The van der Waals surface area contributed by atoms with Crippen LogP contribution >= 0.6 is 11.8 Å². The molecule has 16 heavy (non-hydrogen) atoms. The number of guanidine groups is 1.